The molecule has 0 saturated carbocycles. The Morgan fingerprint density at radius 2 is 0.985 bits per heavy atom. The van der Waals surface area contributed by atoms with Gasteiger partial charge >= 0.3 is 0 Å². The minimum absolute atomic E-state index is 0.174. The highest BCUT2D eigenvalue weighted by atomic mass is 16.3. The van der Waals surface area contributed by atoms with Gasteiger partial charge in [0.25, 0.3) is 0 Å². The third-order valence-electron chi connectivity index (χ3n) is 15.4. The first-order chi connectivity index (χ1) is 31.6. The molecule has 0 amide bonds. The van der Waals surface area contributed by atoms with Crippen LogP contribution in [-0.2, 0) is 32.1 Å². The van der Waals surface area contributed by atoms with Gasteiger partial charge in [-0.15, -0.1) is 0 Å². The van der Waals surface area contributed by atoms with Crippen LogP contribution in [-0.4, -0.2) is 30.1 Å². The van der Waals surface area contributed by atoms with E-state index in [0.29, 0.717) is 12.3 Å². The molecule has 0 fully saturated rings. The zero-order valence-corrected chi connectivity index (χ0v) is 43.5. The lowest BCUT2D eigenvalue weighted by Gasteiger charge is -2.17. The van der Waals surface area contributed by atoms with Crippen molar-refractivity contribution in [3.05, 3.63) is 92.1 Å². The number of allylic oxidation sites excluding steroid dienone is 4. The average Bonchev–Trinajstić information content (AvgIpc) is 3.97. The van der Waals surface area contributed by atoms with Gasteiger partial charge in [-0.25, -0.2) is 9.97 Å². The second-order valence-electron chi connectivity index (χ2n) is 21.0. The SMILES string of the molecule is CCC1=C(C)c2nc1cc1[nH]c(c(C)c1CC)c(CC(C)CCCC(C)CCCC(C)CCCC(C)C)c1nc(cc3[nH]c(c(C)c3CC)c2CCCc2cc(O)ccc2O)C(CC)=C1C. The molecule has 3 atom stereocenters. The Morgan fingerprint density at radius 3 is 1.47 bits per heavy atom. The Balaban J connectivity index is 1.44. The van der Waals surface area contributed by atoms with Gasteiger partial charge in [0.15, 0.2) is 0 Å². The van der Waals surface area contributed by atoms with Crippen LogP contribution >= 0.6 is 0 Å². The Hall–Kier alpha value is -4.58. The number of aromatic hydroxyl groups is 2. The van der Waals surface area contributed by atoms with Crippen LogP contribution in [0, 0.1) is 37.5 Å². The van der Waals surface area contributed by atoms with E-state index in [1.807, 2.05) is 0 Å². The molecule has 2 aliphatic heterocycles. The number of hydrogen-bond acceptors (Lipinski definition) is 4. The minimum Gasteiger partial charge on any atom is -0.508 e. The first-order valence-electron chi connectivity index (χ1n) is 26.3. The van der Waals surface area contributed by atoms with Crippen molar-refractivity contribution in [3.8, 4) is 11.5 Å². The molecule has 8 bridgehead atoms. The number of aromatic amines is 2. The van der Waals surface area contributed by atoms with Crippen LogP contribution in [0.5, 0.6) is 11.5 Å². The summed E-state index contributed by atoms with van der Waals surface area (Å²) in [5.74, 6) is 3.36. The van der Waals surface area contributed by atoms with Crippen LogP contribution in [0.3, 0.4) is 0 Å². The number of hydrogen-bond donors (Lipinski definition) is 4. The summed E-state index contributed by atoms with van der Waals surface area (Å²) in [6.45, 7) is 30.3. The maximum atomic E-state index is 10.7. The molecule has 0 radical (unpaired) electrons. The van der Waals surface area contributed by atoms with Gasteiger partial charge in [-0.05, 0) is 183 Å². The second-order valence-corrected chi connectivity index (χ2v) is 21.0. The number of rotatable bonds is 22. The molecule has 6 heteroatoms. The lowest BCUT2D eigenvalue weighted by molar-refractivity contribution is 0.377. The summed E-state index contributed by atoms with van der Waals surface area (Å²) in [6.07, 6.45) is 18.8. The van der Waals surface area contributed by atoms with E-state index in [9.17, 15) is 10.2 Å². The van der Waals surface area contributed by atoms with Crippen molar-refractivity contribution in [2.45, 2.75) is 199 Å². The van der Waals surface area contributed by atoms with E-state index >= 15 is 0 Å². The van der Waals surface area contributed by atoms with Crippen molar-refractivity contribution in [2.24, 2.45) is 23.7 Å². The van der Waals surface area contributed by atoms with Crippen LogP contribution < -0.4 is 0 Å². The Morgan fingerprint density at radius 1 is 0.515 bits per heavy atom. The third-order valence-corrected chi connectivity index (χ3v) is 15.4. The molecule has 2 aliphatic rings. The van der Waals surface area contributed by atoms with Crippen molar-refractivity contribution in [1.82, 2.24) is 19.9 Å². The van der Waals surface area contributed by atoms with E-state index in [1.165, 1.54) is 119 Å². The molecule has 6 nitrogen and oxygen atoms in total. The third kappa shape index (κ3) is 11.6. The average molecular weight is 895 g/mol. The topological polar surface area (TPSA) is 97.8 Å². The van der Waals surface area contributed by atoms with Crippen molar-refractivity contribution < 1.29 is 10.2 Å². The second kappa shape index (κ2) is 22.9. The highest BCUT2D eigenvalue weighted by molar-refractivity contribution is 5.96. The fourth-order valence-electron chi connectivity index (χ4n) is 11.4. The highest BCUT2D eigenvalue weighted by Gasteiger charge is 2.25. The van der Waals surface area contributed by atoms with Crippen LogP contribution in [0.4, 0.5) is 0 Å². The number of H-pyrrole nitrogens is 2. The van der Waals surface area contributed by atoms with E-state index in [4.69, 9.17) is 9.97 Å². The smallest absolute Gasteiger partial charge is 0.119 e. The fraction of sp³-hybridized carbons (Fsp3) is 0.567. The summed E-state index contributed by atoms with van der Waals surface area (Å²) in [5, 5.41) is 20.9. The molecule has 0 aliphatic carbocycles. The van der Waals surface area contributed by atoms with Gasteiger partial charge in [0, 0.05) is 33.2 Å². The van der Waals surface area contributed by atoms with Crippen LogP contribution in [0.25, 0.3) is 44.4 Å². The summed E-state index contributed by atoms with van der Waals surface area (Å²) < 4.78 is 0. The lowest BCUT2D eigenvalue weighted by Crippen LogP contribution is -2.05. The van der Waals surface area contributed by atoms with Crippen molar-refractivity contribution in [3.63, 3.8) is 0 Å². The number of nitrogens with zero attached hydrogens (tertiary/aromatic N) is 2. The minimum atomic E-state index is 0.174. The first-order valence-corrected chi connectivity index (χ1v) is 26.3. The monoisotopic (exact) mass is 895 g/mol. The number of fused-ring (bicyclic) bond motifs is 8. The number of phenolic OH excluding ortho intramolecular Hbond substituents is 2. The summed E-state index contributed by atoms with van der Waals surface area (Å²) in [6, 6.07) is 9.48. The van der Waals surface area contributed by atoms with Gasteiger partial charge in [-0.3, -0.25) is 0 Å². The quantitative estimate of drug-likeness (QED) is 0.0591. The molecular weight excluding hydrogens is 809 g/mol. The largest absolute Gasteiger partial charge is 0.508 e. The van der Waals surface area contributed by atoms with E-state index in [0.717, 1.165) is 108 Å². The number of nitrogens with one attached hydrogen (secondary N) is 2. The number of aromatic nitrogens is 4. The standard InChI is InChI=1S/C60H86N4O2/c1-14-46-40(10)57-50(29-21-28-44-33-45(65)30-31-56(44)66)58-41(11)47(15-2)53(62-58)35-55-49(17-4)43(13)60(64-55)51(59-42(12)48(16-3)54(63-59)34-52(46)61-57)32-39(9)27-20-26-38(8)25-19-24-37(7)23-18-22-36(5)6/h30-31,33-39,61,64-66H,14-29,32H2,1-13H3. The fourth-order valence-corrected chi connectivity index (χ4v) is 11.4. The Bertz CT molecular complexity index is 2560. The predicted molar refractivity (Wildman–Crippen MR) is 284 cm³/mol. The molecule has 4 N–H and O–H groups in total. The Kier molecular flexibility index (Phi) is 17.7. The predicted octanol–water partition coefficient (Wildman–Crippen LogP) is 16.9. The molecule has 0 spiro atoms. The molecule has 3 aromatic heterocycles. The van der Waals surface area contributed by atoms with Crippen LogP contribution in [0.1, 0.15) is 215 Å². The number of phenols is 2. The molecule has 5 heterocycles. The highest BCUT2D eigenvalue weighted by Crippen LogP contribution is 2.41. The zero-order chi connectivity index (χ0) is 47.8. The summed E-state index contributed by atoms with van der Waals surface area (Å²) in [5.41, 5.74) is 22.7. The molecule has 6 rings (SSSR count). The van der Waals surface area contributed by atoms with Gasteiger partial charge in [-0.2, -0.15) is 0 Å². The maximum Gasteiger partial charge on any atom is 0.119 e. The van der Waals surface area contributed by atoms with Gasteiger partial charge < -0.3 is 20.2 Å². The van der Waals surface area contributed by atoms with Gasteiger partial charge in [0.1, 0.15) is 11.5 Å². The number of benzene rings is 1. The van der Waals surface area contributed by atoms with Crippen molar-refractivity contribution >= 4 is 44.4 Å². The van der Waals surface area contributed by atoms with Crippen LogP contribution in [0.2, 0.25) is 0 Å². The molecule has 358 valence electrons. The van der Waals surface area contributed by atoms with E-state index < -0.39 is 0 Å². The molecule has 4 aromatic rings. The molecular formula is C60H86N4O2. The lowest BCUT2D eigenvalue weighted by atomic mass is 9.89. The van der Waals surface area contributed by atoms with Gasteiger partial charge in [-0.1, -0.05) is 120 Å². The molecule has 1 aromatic carbocycles. The summed E-state index contributed by atoms with van der Waals surface area (Å²) in [7, 11) is 0. The summed E-state index contributed by atoms with van der Waals surface area (Å²) in [4.78, 5) is 19.3. The van der Waals surface area contributed by atoms with E-state index in [1.54, 1.807) is 18.2 Å². The summed E-state index contributed by atoms with van der Waals surface area (Å²) >= 11 is 0. The normalized spacial score (nSPS) is 14.5. The first kappa shape index (κ1) is 50.8. The molecule has 3 unspecified atom stereocenters. The van der Waals surface area contributed by atoms with Crippen molar-refractivity contribution in [2.75, 3.05) is 0 Å². The molecule has 66 heavy (non-hydrogen) atoms. The number of aryl methyl sites for hydroxylation is 6. The zero-order valence-electron chi connectivity index (χ0n) is 43.5. The van der Waals surface area contributed by atoms with Gasteiger partial charge in [0.05, 0.1) is 22.8 Å². The van der Waals surface area contributed by atoms with E-state index in [2.05, 4.69) is 112 Å². The van der Waals surface area contributed by atoms with E-state index in [-0.39, 0.29) is 11.5 Å². The van der Waals surface area contributed by atoms with Crippen LogP contribution in [0.15, 0.2) is 30.3 Å². The van der Waals surface area contributed by atoms with Crippen molar-refractivity contribution in [1.29, 1.82) is 0 Å². The molecule has 0 saturated heterocycles. The maximum absolute atomic E-state index is 10.7. The van der Waals surface area contributed by atoms with Gasteiger partial charge in [0.2, 0.25) is 0 Å². The Labute approximate surface area is 399 Å².